The molecule has 2 atom stereocenters. The van der Waals surface area contributed by atoms with Crippen LogP contribution in [0.25, 0.3) is 0 Å². The second-order valence-corrected chi connectivity index (χ2v) is 17.7. The normalized spacial score (nSPS) is 20.8. The highest BCUT2D eigenvalue weighted by Gasteiger charge is 2.45. The molecule has 0 radical (unpaired) electrons. The highest BCUT2D eigenvalue weighted by Crippen LogP contribution is 2.42. The van der Waals surface area contributed by atoms with E-state index in [0.717, 1.165) is 19.3 Å². The molecule has 4 nitrogen and oxygen atoms in total. The van der Waals surface area contributed by atoms with Gasteiger partial charge in [-0.25, -0.2) is 4.89 Å². The van der Waals surface area contributed by atoms with Gasteiger partial charge in [0.05, 0.1) is 0 Å². The quantitative estimate of drug-likeness (QED) is 0.0659. The van der Waals surface area contributed by atoms with Gasteiger partial charge in [-0.3, -0.25) is 0 Å². The molecule has 1 rings (SSSR count). The average Bonchev–Trinajstić information content (AvgIpc) is 2.82. The maximum Gasteiger partial charge on any atom is 0.218 e. The smallest absolute Gasteiger partial charge is 0.218 e. The molecular weight excluding hydrogens is 464 g/mol. The minimum atomic E-state index is -1.86. The molecule has 0 bridgehead atoms. The number of rotatable bonds is 22. The SMILES string of the molecule is CCCCCCCCCCCCCCCCC1(O)C=C[C@@H](CCO[Si](C(C)C)(C(C)C)C(C)C)OO1. The Morgan fingerprint density at radius 2 is 1.19 bits per heavy atom. The lowest BCUT2D eigenvalue weighted by Gasteiger charge is -2.42. The Labute approximate surface area is 226 Å². The molecule has 1 unspecified atom stereocenters. The Morgan fingerprint density at radius 3 is 1.58 bits per heavy atom. The fraction of sp³-hybridized carbons (Fsp3) is 0.935. The van der Waals surface area contributed by atoms with Crippen molar-refractivity contribution < 1.29 is 19.3 Å². The summed E-state index contributed by atoms with van der Waals surface area (Å²) in [5.41, 5.74) is 1.73. The van der Waals surface area contributed by atoms with Gasteiger partial charge in [-0.15, -0.1) is 0 Å². The van der Waals surface area contributed by atoms with E-state index in [4.69, 9.17) is 14.2 Å². The van der Waals surface area contributed by atoms with Gasteiger partial charge in [0.25, 0.3) is 0 Å². The summed E-state index contributed by atoms with van der Waals surface area (Å²) < 4.78 is 6.63. The van der Waals surface area contributed by atoms with Gasteiger partial charge >= 0.3 is 0 Å². The molecule has 1 aliphatic heterocycles. The highest BCUT2D eigenvalue weighted by atomic mass is 28.4. The Morgan fingerprint density at radius 1 is 0.750 bits per heavy atom. The molecule has 1 N–H and O–H groups in total. The monoisotopic (exact) mass is 526 g/mol. The molecule has 1 heterocycles. The second kappa shape index (κ2) is 19.0. The van der Waals surface area contributed by atoms with Gasteiger partial charge in [0.2, 0.25) is 5.79 Å². The first-order valence-corrected chi connectivity index (χ1v) is 17.7. The van der Waals surface area contributed by atoms with Gasteiger partial charge in [0, 0.05) is 19.4 Å². The third kappa shape index (κ3) is 12.6. The Kier molecular flexibility index (Phi) is 17.8. The largest absolute Gasteiger partial charge is 0.416 e. The van der Waals surface area contributed by atoms with Crippen LogP contribution < -0.4 is 0 Å². The zero-order valence-corrected chi connectivity index (χ0v) is 26.2. The third-order valence-corrected chi connectivity index (χ3v) is 14.4. The molecular formula is C31H62O4Si. The summed E-state index contributed by atoms with van der Waals surface area (Å²) >= 11 is 0. The van der Waals surface area contributed by atoms with E-state index in [9.17, 15) is 5.11 Å². The molecule has 36 heavy (non-hydrogen) atoms. The predicted octanol–water partition coefficient (Wildman–Crippen LogP) is 10.0. The Bertz CT molecular complexity index is 541. The molecule has 214 valence electrons. The van der Waals surface area contributed by atoms with Crippen LogP contribution in [0, 0.1) is 0 Å². The van der Waals surface area contributed by atoms with Crippen molar-refractivity contribution in [2.45, 2.75) is 180 Å². The van der Waals surface area contributed by atoms with E-state index in [0.29, 0.717) is 29.7 Å². The number of aliphatic hydroxyl groups is 1. The Hall–Kier alpha value is -0.203. The van der Waals surface area contributed by atoms with E-state index in [1.165, 1.54) is 77.0 Å². The summed E-state index contributed by atoms with van der Waals surface area (Å²) in [6, 6.07) is 0. The van der Waals surface area contributed by atoms with Crippen molar-refractivity contribution in [3.63, 3.8) is 0 Å². The molecule has 0 aromatic rings. The lowest BCUT2D eigenvalue weighted by molar-refractivity contribution is -0.424. The maximum atomic E-state index is 10.7. The second-order valence-electron chi connectivity index (χ2n) is 12.2. The average molecular weight is 527 g/mol. The summed E-state index contributed by atoms with van der Waals surface area (Å²) in [7, 11) is -1.86. The van der Waals surface area contributed by atoms with Gasteiger partial charge in [-0.1, -0.05) is 138 Å². The molecule has 0 saturated carbocycles. The topological polar surface area (TPSA) is 47.9 Å². The van der Waals surface area contributed by atoms with Gasteiger partial charge in [-0.2, -0.15) is 4.89 Å². The van der Waals surface area contributed by atoms with E-state index in [-0.39, 0.29) is 6.10 Å². The molecule has 0 aliphatic carbocycles. The zero-order valence-electron chi connectivity index (χ0n) is 25.2. The molecule has 0 saturated heterocycles. The summed E-state index contributed by atoms with van der Waals surface area (Å²) in [5.74, 6) is -1.28. The summed E-state index contributed by atoms with van der Waals surface area (Å²) in [5, 5.41) is 10.7. The number of hydrogen-bond acceptors (Lipinski definition) is 4. The number of unbranched alkanes of at least 4 members (excludes halogenated alkanes) is 13. The van der Waals surface area contributed by atoms with Crippen LogP contribution >= 0.6 is 0 Å². The minimum Gasteiger partial charge on any atom is -0.416 e. The summed E-state index contributed by atoms with van der Waals surface area (Å²) in [6.45, 7) is 16.8. The van der Waals surface area contributed by atoms with E-state index in [2.05, 4.69) is 48.5 Å². The maximum absolute atomic E-state index is 10.7. The van der Waals surface area contributed by atoms with Crippen molar-refractivity contribution in [2.24, 2.45) is 0 Å². The molecule has 1 aliphatic rings. The van der Waals surface area contributed by atoms with Crippen molar-refractivity contribution in [2.75, 3.05) is 6.61 Å². The van der Waals surface area contributed by atoms with Gasteiger partial charge in [-0.05, 0) is 29.1 Å². The summed E-state index contributed by atoms with van der Waals surface area (Å²) in [6.07, 6.45) is 23.5. The van der Waals surface area contributed by atoms with Crippen LogP contribution in [-0.2, 0) is 14.2 Å². The van der Waals surface area contributed by atoms with Crippen molar-refractivity contribution in [1.82, 2.24) is 0 Å². The van der Waals surface area contributed by atoms with Gasteiger partial charge < -0.3 is 9.53 Å². The lowest BCUT2D eigenvalue weighted by atomic mass is 10.0. The van der Waals surface area contributed by atoms with Crippen molar-refractivity contribution >= 4 is 8.32 Å². The van der Waals surface area contributed by atoms with Crippen LogP contribution in [-0.4, -0.2) is 31.9 Å². The number of hydrogen-bond donors (Lipinski definition) is 1. The first kappa shape index (κ1) is 33.8. The van der Waals surface area contributed by atoms with Crippen LogP contribution in [0.3, 0.4) is 0 Å². The molecule has 5 heteroatoms. The van der Waals surface area contributed by atoms with Crippen LogP contribution in [0.5, 0.6) is 0 Å². The fourth-order valence-electron chi connectivity index (χ4n) is 6.16. The third-order valence-electron chi connectivity index (χ3n) is 8.24. The van der Waals surface area contributed by atoms with Crippen LogP contribution in [0.1, 0.15) is 151 Å². The van der Waals surface area contributed by atoms with Crippen LogP contribution in [0.2, 0.25) is 16.6 Å². The van der Waals surface area contributed by atoms with Crippen molar-refractivity contribution in [3.8, 4) is 0 Å². The molecule has 0 aromatic carbocycles. The van der Waals surface area contributed by atoms with Crippen molar-refractivity contribution in [1.29, 1.82) is 0 Å². The summed E-state index contributed by atoms with van der Waals surface area (Å²) in [4.78, 5) is 11.0. The highest BCUT2D eigenvalue weighted by molar-refractivity contribution is 6.77. The van der Waals surface area contributed by atoms with E-state index in [1.807, 2.05) is 6.08 Å². The molecule has 0 spiro atoms. The molecule has 0 aromatic heterocycles. The van der Waals surface area contributed by atoms with E-state index in [1.54, 1.807) is 6.08 Å². The van der Waals surface area contributed by atoms with Crippen molar-refractivity contribution in [3.05, 3.63) is 12.2 Å². The first-order valence-electron chi connectivity index (χ1n) is 15.6. The molecule has 0 fully saturated rings. The van der Waals surface area contributed by atoms with Gasteiger partial charge in [0.1, 0.15) is 6.10 Å². The van der Waals surface area contributed by atoms with Crippen LogP contribution in [0.15, 0.2) is 12.2 Å². The lowest BCUT2D eigenvalue weighted by Crippen LogP contribution is -2.48. The molecule has 0 amide bonds. The standard InChI is InChI=1S/C31H62O4Si/c1-8-9-10-11-12-13-14-15-16-17-18-19-20-21-24-31(32)25-22-30(34-35-31)23-26-33-36(27(2)3,28(4)5)29(6)7/h22,25,27-30,32H,8-21,23-24,26H2,1-7H3/t30-,31?/m0/s1. The minimum absolute atomic E-state index is 0.153. The van der Waals surface area contributed by atoms with E-state index < -0.39 is 14.1 Å². The van der Waals surface area contributed by atoms with Gasteiger partial charge in [0.15, 0.2) is 8.32 Å². The Balaban J connectivity index is 2.14. The predicted molar refractivity (Wildman–Crippen MR) is 157 cm³/mol. The zero-order chi connectivity index (χ0) is 26.9. The fourth-order valence-corrected chi connectivity index (χ4v) is 11.6. The first-order chi connectivity index (χ1) is 17.2. The van der Waals surface area contributed by atoms with E-state index >= 15 is 0 Å². The van der Waals surface area contributed by atoms with Crippen LogP contribution in [0.4, 0.5) is 0 Å².